The van der Waals surface area contributed by atoms with E-state index in [1.165, 1.54) is 12.5 Å². The standard InChI is InChI=1S/C23H28N2O4/c1-16-3-4-17(2)20(13-16)21(26)24-14-19-5-7-23(29-19)8-10-25(11-9-23)22(27)18-6-12-28-15-18/h3-4,6,12-13,15,19H,5,7-11,14H2,1-2H3,(H,24,26). The van der Waals surface area contributed by atoms with Crippen LogP contribution in [0.4, 0.5) is 0 Å². The maximum Gasteiger partial charge on any atom is 0.257 e. The summed E-state index contributed by atoms with van der Waals surface area (Å²) < 4.78 is 11.4. The normalized spacial score (nSPS) is 20.8. The Bertz CT molecular complexity index is 882. The Morgan fingerprint density at radius 2 is 1.97 bits per heavy atom. The van der Waals surface area contributed by atoms with Crippen molar-refractivity contribution < 1.29 is 18.7 Å². The Morgan fingerprint density at radius 1 is 1.17 bits per heavy atom. The molecule has 2 aromatic rings. The summed E-state index contributed by atoms with van der Waals surface area (Å²) in [5.41, 5.74) is 3.21. The molecule has 1 N–H and O–H groups in total. The van der Waals surface area contributed by atoms with Gasteiger partial charge >= 0.3 is 0 Å². The van der Waals surface area contributed by atoms with Gasteiger partial charge in [-0.15, -0.1) is 0 Å². The molecule has 2 aliphatic rings. The van der Waals surface area contributed by atoms with Crippen molar-refractivity contribution in [3.63, 3.8) is 0 Å². The third-order valence-electron chi connectivity index (χ3n) is 6.20. The van der Waals surface area contributed by atoms with Crippen molar-refractivity contribution in [1.29, 1.82) is 0 Å². The molecule has 29 heavy (non-hydrogen) atoms. The fourth-order valence-corrected chi connectivity index (χ4v) is 4.38. The van der Waals surface area contributed by atoms with E-state index < -0.39 is 0 Å². The van der Waals surface area contributed by atoms with Crippen LogP contribution in [-0.2, 0) is 4.74 Å². The van der Waals surface area contributed by atoms with E-state index in [-0.39, 0.29) is 23.5 Å². The zero-order valence-corrected chi connectivity index (χ0v) is 17.1. The van der Waals surface area contributed by atoms with Gasteiger partial charge in [-0.05, 0) is 57.2 Å². The summed E-state index contributed by atoms with van der Waals surface area (Å²) in [5.74, 6) is -0.0276. The van der Waals surface area contributed by atoms with Crippen molar-refractivity contribution in [3.05, 3.63) is 59.0 Å². The van der Waals surface area contributed by atoms with E-state index in [1.807, 2.05) is 36.9 Å². The fourth-order valence-electron chi connectivity index (χ4n) is 4.38. The van der Waals surface area contributed by atoms with Crippen LogP contribution >= 0.6 is 0 Å². The second-order valence-corrected chi connectivity index (χ2v) is 8.29. The zero-order chi connectivity index (χ0) is 20.4. The summed E-state index contributed by atoms with van der Waals surface area (Å²) in [6.45, 7) is 5.83. The second-order valence-electron chi connectivity index (χ2n) is 8.29. The average Bonchev–Trinajstić information content (AvgIpc) is 3.39. The van der Waals surface area contributed by atoms with E-state index in [4.69, 9.17) is 9.15 Å². The summed E-state index contributed by atoms with van der Waals surface area (Å²) in [6.07, 6.45) is 6.62. The van der Waals surface area contributed by atoms with Gasteiger partial charge in [0.15, 0.2) is 0 Å². The van der Waals surface area contributed by atoms with E-state index in [2.05, 4.69) is 5.32 Å². The summed E-state index contributed by atoms with van der Waals surface area (Å²) in [4.78, 5) is 26.9. The van der Waals surface area contributed by atoms with Crippen molar-refractivity contribution in [2.75, 3.05) is 19.6 Å². The van der Waals surface area contributed by atoms with Crippen LogP contribution in [0.5, 0.6) is 0 Å². The summed E-state index contributed by atoms with van der Waals surface area (Å²) >= 11 is 0. The molecule has 0 saturated carbocycles. The zero-order valence-electron chi connectivity index (χ0n) is 17.1. The van der Waals surface area contributed by atoms with Crippen LogP contribution in [0.1, 0.15) is 57.5 Å². The quantitative estimate of drug-likeness (QED) is 0.859. The molecule has 6 heteroatoms. The Labute approximate surface area is 171 Å². The number of furan rings is 1. The van der Waals surface area contributed by atoms with E-state index >= 15 is 0 Å². The summed E-state index contributed by atoms with van der Waals surface area (Å²) in [7, 11) is 0. The molecule has 4 rings (SSSR count). The lowest BCUT2D eigenvalue weighted by molar-refractivity contribution is -0.0712. The number of carbonyl (C=O) groups excluding carboxylic acids is 2. The lowest BCUT2D eigenvalue weighted by atomic mass is 9.88. The van der Waals surface area contributed by atoms with Crippen molar-refractivity contribution in [3.8, 4) is 0 Å². The molecule has 2 amide bonds. The average molecular weight is 396 g/mol. The highest BCUT2D eigenvalue weighted by molar-refractivity contribution is 5.95. The molecule has 2 aliphatic heterocycles. The molecule has 0 bridgehead atoms. The summed E-state index contributed by atoms with van der Waals surface area (Å²) in [6, 6.07) is 7.62. The van der Waals surface area contributed by atoms with Crippen LogP contribution in [0, 0.1) is 13.8 Å². The molecule has 6 nitrogen and oxygen atoms in total. The minimum absolute atomic E-state index is 0.0175. The number of carbonyl (C=O) groups is 2. The highest BCUT2D eigenvalue weighted by atomic mass is 16.5. The molecule has 2 saturated heterocycles. The molecule has 0 radical (unpaired) electrons. The first-order chi connectivity index (χ1) is 14.0. The van der Waals surface area contributed by atoms with Crippen molar-refractivity contribution in [2.24, 2.45) is 0 Å². The lowest BCUT2D eigenvalue weighted by Gasteiger charge is -2.39. The molecule has 3 heterocycles. The molecular formula is C23H28N2O4. The fraction of sp³-hybridized carbons (Fsp3) is 0.478. The lowest BCUT2D eigenvalue weighted by Crippen LogP contribution is -2.47. The van der Waals surface area contributed by atoms with Crippen LogP contribution in [0.3, 0.4) is 0 Å². The van der Waals surface area contributed by atoms with Gasteiger partial charge in [-0.1, -0.05) is 17.7 Å². The number of likely N-dealkylation sites (tertiary alicyclic amines) is 1. The van der Waals surface area contributed by atoms with E-state index in [1.54, 1.807) is 6.07 Å². The molecule has 1 atom stereocenters. The molecule has 1 unspecified atom stereocenters. The van der Waals surface area contributed by atoms with Gasteiger partial charge in [0, 0.05) is 25.2 Å². The minimum atomic E-state index is -0.165. The maximum atomic E-state index is 12.6. The van der Waals surface area contributed by atoms with Crippen LogP contribution in [0.25, 0.3) is 0 Å². The monoisotopic (exact) mass is 396 g/mol. The number of piperidine rings is 1. The van der Waals surface area contributed by atoms with Gasteiger partial charge in [0.05, 0.1) is 23.5 Å². The number of hydrogen-bond acceptors (Lipinski definition) is 4. The SMILES string of the molecule is Cc1ccc(C)c(C(=O)NCC2CCC3(CCN(C(=O)c4ccoc4)CC3)O2)c1. The van der Waals surface area contributed by atoms with Gasteiger partial charge in [0.2, 0.25) is 0 Å². The molecule has 1 aromatic carbocycles. The summed E-state index contributed by atoms with van der Waals surface area (Å²) in [5, 5.41) is 3.04. The smallest absolute Gasteiger partial charge is 0.257 e. The number of aryl methyl sites for hydroxylation is 2. The van der Waals surface area contributed by atoms with Gasteiger partial charge in [-0.3, -0.25) is 9.59 Å². The maximum absolute atomic E-state index is 12.6. The van der Waals surface area contributed by atoms with Gasteiger partial charge in [-0.25, -0.2) is 0 Å². The van der Waals surface area contributed by atoms with Gasteiger partial charge in [0.1, 0.15) is 6.26 Å². The first-order valence-corrected chi connectivity index (χ1v) is 10.3. The highest BCUT2D eigenvalue weighted by Crippen LogP contribution is 2.39. The number of amides is 2. The van der Waals surface area contributed by atoms with Gasteiger partial charge in [0.25, 0.3) is 11.8 Å². The Kier molecular flexibility index (Phi) is 5.46. The predicted molar refractivity (Wildman–Crippen MR) is 109 cm³/mol. The molecule has 1 spiro atoms. The number of hydrogen-bond donors (Lipinski definition) is 1. The first kappa shape index (κ1) is 19.7. The number of benzene rings is 1. The Hall–Kier alpha value is -2.60. The molecule has 0 aliphatic carbocycles. The third kappa shape index (κ3) is 4.22. The number of nitrogens with zero attached hydrogens (tertiary/aromatic N) is 1. The van der Waals surface area contributed by atoms with Crippen LogP contribution < -0.4 is 5.32 Å². The van der Waals surface area contributed by atoms with Crippen LogP contribution in [0.15, 0.2) is 41.2 Å². The minimum Gasteiger partial charge on any atom is -0.472 e. The van der Waals surface area contributed by atoms with E-state index in [0.717, 1.165) is 42.4 Å². The third-order valence-corrected chi connectivity index (χ3v) is 6.20. The van der Waals surface area contributed by atoms with Gasteiger partial charge in [-0.2, -0.15) is 0 Å². The molecule has 154 valence electrons. The van der Waals surface area contributed by atoms with Crippen molar-refractivity contribution >= 4 is 11.8 Å². The predicted octanol–water partition coefficient (Wildman–Crippen LogP) is 3.48. The topological polar surface area (TPSA) is 71.8 Å². The van der Waals surface area contributed by atoms with E-state index in [9.17, 15) is 9.59 Å². The van der Waals surface area contributed by atoms with Gasteiger partial charge < -0.3 is 19.4 Å². The largest absolute Gasteiger partial charge is 0.472 e. The number of nitrogens with one attached hydrogen (secondary N) is 1. The second kappa shape index (κ2) is 8.03. The molecule has 2 fully saturated rings. The van der Waals surface area contributed by atoms with Crippen molar-refractivity contribution in [1.82, 2.24) is 10.2 Å². The van der Waals surface area contributed by atoms with Crippen molar-refractivity contribution in [2.45, 2.75) is 51.2 Å². The molecular weight excluding hydrogens is 368 g/mol. The molecule has 1 aromatic heterocycles. The number of rotatable bonds is 4. The number of ether oxygens (including phenoxy) is 1. The highest BCUT2D eigenvalue weighted by Gasteiger charge is 2.43. The first-order valence-electron chi connectivity index (χ1n) is 10.3. The Morgan fingerprint density at radius 3 is 2.69 bits per heavy atom. The van der Waals surface area contributed by atoms with Crippen LogP contribution in [-0.4, -0.2) is 48.1 Å². The van der Waals surface area contributed by atoms with E-state index in [0.29, 0.717) is 25.2 Å². The Balaban J connectivity index is 1.28. The van der Waals surface area contributed by atoms with Crippen LogP contribution in [0.2, 0.25) is 0 Å².